The molecule has 4 heteroatoms. The van der Waals surface area contributed by atoms with Crippen molar-refractivity contribution in [3.63, 3.8) is 0 Å². The first-order chi connectivity index (χ1) is 3.77. The minimum atomic E-state index is -2.42. The van der Waals surface area contributed by atoms with Crippen LogP contribution in [0.25, 0.3) is 0 Å². The number of hydrogen-bond acceptors (Lipinski definition) is 3. The first-order valence-corrected chi connectivity index (χ1v) is 4.14. The fraction of sp³-hybridized carbons (Fsp3) is 0.500. The van der Waals surface area contributed by atoms with Gasteiger partial charge in [-0.3, -0.25) is 0 Å². The molecule has 0 bridgehead atoms. The third kappa shape index (κ3) is 5.84. The zero-order valence-electron chi connectivity index (χ0n) is 4.83. The predicted octanol–water partition coefficient (Wildman–Crippen LogP) is -1.49. The molecule has 0 atom stereocenters. The lowest BCUT2D eigenvalue weighted by atomic mass is 10.6. The van der Waals surface area contributed by atoms with Gasteiger partial charge in [0, 0.05) is 6.54 Å². The number of hydrogen-bond donors (Lipinski definition) is 3. The molecule has 0 spiro atoms. The second kappa shape index (κ2) is 4.98. The Hall–Kier alpha value is -0.163. The number of likely N-dealkylation sites (N-methyl/N-ethyl adjacent to an activating group) is 1. The molecule has 0 radical (unpaired) electrons. The molecular weight excluding hydrogens is 122 g/mol. The summed E-state index contributed by atoms with van der Waals surface area (Å²) in [6.45, 7) is 0.699. The highest BCUT2D eigenvalue weighted by atomic mass is 28.3. The van der Waals surface area contributed by atoms with E-state index in [1.54, 1.807) is 13.1 Å². The molecule has 0 aromatic heterocycles. The van der Waals surface area contributed by atoms with Crippen molar-refractivity contribution in [2.45, 2.75) is 0 Å². The molecule has 8 heavy (non-hydrogen) atoms. The van der Waals surface area contributed by atoms with E-state index in [2.05, 4.69) is 5.32 Å². The molecule has 0 amide bonds. The van der Waals surface area contributed by atoms with E-state index in [-0.39, 0.29) is 0 Å². The molecule has 3 nitrogen and oxygen atoms in total. The van der Waals surface area contributed by atoms with Gasteiger partial charge in [0.05, 0.1) is 0 Å². The first-order valence-electron chi connectivity index (χ1n) is 2.44. The Morgan fingerprint density at radius 2 is 2.25 bits per heavy atom. The highest BCUT2D eigenvalue weighted by Crippen LogP contribution is 1.70. The van der Waals surface area contributed by atoms with Gasteiger partial charge in [0.2, 0.25) is 0 Å². The number of nitrogens with one attached hydrogen (secondary N) is 1. The van der Waals surface area contributed by atoms with Crippen LogP contribution >= 0.6 is 0 Å². The molecule has 0 unspecified atom stereocenters. The first kappa shape index (κ1) is 7.84. The molecule has 0 aliphatic rings. The standard InChI is InChI=1S/C4H11NO2Si/c1-5-3-2-4-8(6)7/h2,4-8H,3H2,1H3. The van der Waals surface area contributed by atoms with Crippen molar-refractivity contribution < 1.29 is 9.59 Å². The second-order valence-electron chi connectivity index (χ2n) is 1.40. The van der Waals surface area contributed by atoms with Crippen LogP contribution in [0.1, 0.15) is 0 Å². The Bertz CT molecular complexity index is 74.4. The zero-order valence-corrected chi connectivity index (χ0v) is 5.99. The Morgan fingerprint density at radius 3 is 2.62 bits per heavy atom. The molecule has 0 heterocycles. The van der Waals surface area contributed by atoms with Crippen molar-refractivity contribution in [2.24, 2.45) is 0 Å². The van der Waals surface area contributed by atoms with Gasteiger partial charge in [-0.2, -0.15) is 0 Å². The minimum absolute atomic E-state index is 0.699. The van der Waals surface area contributed by atoms with Crippen LogP contribution in [-0.2, 0) is 0 Å². The highest BCUT2D eigenvalue weighted by molar-refractivity contribution is 6.47. The molecule has 48 valence electrons. The summed E-state index contributed by atoms with van der Waals surface area (Å²) >= 11 is 0. The van der Waals surface area contributed by atoms with Crippen LogP contribution in [0.2, 0.25) is 0 Å². The molecule has 0 fully saturated rings. The van der Waals surface area contributed by atoms with E-state index >= 15 is 0 Å². The van der Waals surface area contributed by atoms with Crippen LogP contribution in [0, 0.1) is 0 Å². The van der Waals surface area contributed by atoms with Crippen LogP contribution in [-0.4, -0.2) is 32.5 Å². The Balaban J connectivity index is 3.07. The maximum absolute atomic E-state index is 8.36. The van der Waals surface area contributed by atoms with E-state index in [0.717, 1.165) is 0 Å². The molecular formula is C4H11NO2Si. The molecule has 0 aromatic carbocycles. The lowest BCUT2D eigenvalue weighted by molar-refractivity contribution is 0.424. The lowest BCUT2D eigenvalue weighted by Crippen LogP contribution is -2.09. The van der Waals surface area contributed by atoms with Crippen LogP contribution < -0.4 is 5.32 Å². The van der Waals surface area contributed by atoms with Gasteiger partial charge < -0.3 is 14.9 Å². The smallest absolute Gasteiger partial charge is 0.342 e. The summed E-state index contributed by atoms with van der Waals surface area (Å²) in [5.41, 5.74) is 1.44. The molecule has 3 N–H and O–H groups in total. The van der Waals surface area contributed by atoms with Gasteiger partial charge >= 0.3 is 9.28 Å². The van der Waals surface area contributed by atoms with E-state index in [9.17, 15) is 0 Å². The van der Waals surface area contributed by atoms with Gasteiger partial charge in [-0.15, -0.1) is 0 Å². The largest absolute Gasteiger partial charge is 0.410 e. The van der Waals surface area contributed by atoms with Crippen molar-refractivity contribution in [3.8, 4) is 0 Å². The van der Waals surface area contributed by atoms with Gasteiger partial charge in [-0.25, -0.2) is 0 Å². The van der Waals surface area contributed by atoms with Gasteiger partial charge in [0.15, 0.2) is 0 Å². The zero-order chi connectivity index (χ0) is 6.41. The average Bonchev–Trinajstić information content (AvgIpc) is 1.66. The van der Waals surface area contributed by atoms with Gasteiger partial charge in [-0.05, 0) is 12.7 Å². The van der Waals surface area contributed by atoms with Crippen molar-refractivity contribution in [3.05, 3.63) is 11.8 Å². The van der Waals surface area contributed by atoms with E-state index in [1.807, 2.05) is 0 Å². The predicted molar refractivity (Wildman–Crippen MR) is 34.7 cm³/mol. The molecule has 0 saturated carbocycles. The minimum Gasteiger partial charge on any atom is -0.410 e. The van der Waals surface area contributed by atoms with Gasteiger partial charge in [-0.1, -0.05) is 6.08 Å². The molecule has 0 saturated heterocycles. The summed E-state index contributed by atoms with van der Waals surface area (Å²) in [6, 6.07) is 0. The third-order valence-electron chi connectivity index (χ3n) is 0.630. The van der Waals surface area contributed by atoms with E-state index in [4.69, 9.17) is 9.59 Å². The lowest BCUT2D eigenvalue weighted by Gasteiger charge is -1.88. The van der Waals surface area contributed by atoms with E-state index in [1.165, 1.54) is 5.70 Å². The number of rotatable bonds is 3. The maximum atomic E-state index is 8.36. The summed E-state index contributed by atoms with van der Waals surface area (Å²) in [6.07, 6.45) is 1.71. The van der Waals surface area contributed by atoms with Crippen molar-refractivity contribution in [1.29, 1.82) is 0 Å². The summed E-state index contributed by atoms with van der Waals surface area (Å²) < 4.78 is 0. The summed E-state index contributed by atoms with van der Waals surface area (Å²) in [7, 11) is -0.621. The molecule has 0 rings (SSSR count). The van der Waals surface area contributed by atoms with Crippen LogP contribution in [0.15, 0.2) is 11.8 Å². The Labute approximate surface area is 50.5 Å². The van der Waals surface area contributed by atoms with Crippen LogP contribution in [0.3, 0.4) is 0 Å². The summed E-state index contributed by atoms with van der Waals surface area (Å²) in [5, 5.41) is 2.84. The van der Waals surface area contributed by atoms with Crippen molar-refractivity contribution in [1.82, 2.24) is 5.32 Å². The molecule has 0 aliphatic carbocycles. The van der Waals surface area contributed by atoms with E-state index in [0.29, 0.717) is 6.54 Å². The van der Waals surface area contributed by atoms with Crippen LogP contribution in [0.5, 0.6) is 0 Å². The maximum Gasteiger partial charge on any atom is 0.342 e. The van der Waals surface area contributed by atoms with Crippen LogP contribution in [0.4, 0.5) is 0 Å². The SMILES string of the molecule is CNCC=C[SiH](O)O. The molecule has 0 aliphatic heterocycles. The Morgan fingerprint density at radius 1 is 1.62 bits per heavy atom. The summed E-state index contributed by atoms with van der Waals surface area (Å²) in [4.78, 5) is 16.7. The van der Waals surface area contributed by atoms with E-state index < -0.39 is 9.28 Å². The Kier molecular flexibility index (Phi) is 4.88. The second-order valence-corrected chi connectivity index (χ2v) is 2.61. The fourth-order valence-corrected chi connectivity index (χ4v) is 0.687. The third-order valence-corrected chi connectivity index (χ3v) is 1.25. The van der Waals surface area contributed by atoms with Crippen molar-refractivity contribution >= 4 is 9.28 Å². The van der Waals surface area contributed by atoms with Gasteiger partial charge in [0.25, 0.3) is 0 Å². The van der Waals surface area contributed by atoms with Gasteiger partial charge in [0.1, 0.15) is 0 Å². The quantitative estimate of drug-likeness (QED) is 0.411. The fourth-order valence-electron chi connectivity index (χ4n) is 0.308. The van der Waals surface area contributed by atoms with Crippen molar-refractivity contribution in [2.75, 3.05) is 13.6 Å². The monoisotopic (exact) mass is 133 g/mol. The topological polar surface area (TPSA) is 52.5 Å². The highest BCUT2D eigenvalue weighted by Gasteiger charge is 1.88. The summed E-state index contributed by atoms with van der Waals surface area (Å²) in [5.74, 6) is 0. The average molecular weight is 133 g/mol. The molecule has 0 aromatic rings. The normalized spacial score (nSPS) is 11.5.